The van der Waals surface area contributed by atoms with Crippen LogP contribution in [0.15, 0.2) is 60.7 Å². The Hall–Kier alpha value is -3.98. The molecule has 9 nitrogen and oxygen atoms in total. The zero-order chi connectivity index (χ0) is 25.3. The van der Waals surface area contributed by atoms with Crippen LogP contribution in [-0.2, 0) is 10.2 Å². The molecule has 2 aromatic carbocycles. The normalized spacial score (nSPS) is 14.8. The standard InChI is InChI=1S/C27H31N7O2/c1-27(2,3)22-17-23(34(31-22)19-9-5-4-6-10-19)28-24(35)18-32-13-15-33(16-14-32)26(36)25-20-11-7-8-12-21(20)29-30-25/h4-12,17H,13-16,18H2,1-3H3,(H,28,35)(H,29,30). The molecule has 0 radical (unpaired) electrons. The van der Waals surface area contributed by atoms with Gasteiger partial charge in [-0.15, -0.1) is 0 Å². The van der Waals surface area contributed by atoms with Gasteiger partial charge in [0.25, 0.3) is 5.91 Å². The molecular weight excluding hydrogens is 454 g/mol. The molecule has 5 rings (SSSR count). The SMILES string of the molecule is CC(C)(C)c1cc(NC(=O)CN2CCN(C(=O)c3n[nH]c4ccccc34)CC2)n(-c2ccccc2)n1. The number of aromatic amines is 1. The number of hydrogen-bond donors (Lipinski definition) is 2. The molecule has 0 unspecified atom stereocenters. The molecule has 2 amide bonds. The third kappa shape index (κ3) is 4.87. The summed E-state index contributed by atoms with van der Waals surface area (Å²) in [5.41, 5.74) is 2.93. The summed E-state index contributed by atoms with van der Waals surface area (Å²) in [5, 5.41) is 15.8. The number of para-hydroxylation sites is 2. The Morgan fingerprint density at radius 3 is 2.39 bits per heavy atom. The van der Waals surface area contributed by atoms with Crippen molar-refractivity contribution in [3.05, 3.63) is 72.1 Å². The predicted molar refractivity (Wildman–Crippen MR) is 139 cm³/mol. The molecule has 9 heteroatoms. The molecule has 1 aliphatic heterocycles. The van der Waals surface area contributed by atoms with Crippen LogP contribution in [0.5, 0.6) is 0 Å². The number of fused-ring (bicyclic) bond motifs is 1. The zero-order valence-corrected chi connectivity index (χ0v) is 20.9. The highest BCUT2D eigenvalue weighted by molar-refractivity contribution is 6.04. The van der Waals surface area contributed by atoms with E-state index in [0.29, 0.717) is 37.7 Å². The minimum absolute atomic E-state index is 0.0852. The smallest absolute Gasteiger partial charge is 0.275 e. The summed E-state index contributed by atoms with van der Waals surface area (Å²) in [7, 11) is 0. The molecule has 0 atom stereocenters. The first-order chi connectivity index (χ1) is 17.3. The van der Waals surface area contributed by atoms with Gasteiger partial charge in [0.1, 0.15) is 5.82 Å². The van der Waals surface area contributed by atoms with Gasteiger partial charge in [0.15, 0.2) is 5.69 Å². The number of carbonyl (C=O) groups excluding carboxylic acids is 2. The topological polar surface area (TPSA) is 99.2 Å². The molecule has 0 spiro atoms. The van der Waals surface area contributed by atoms with E-state index in [-0.39, 0.29) is 23.8 Å². The first kappa shape index (κ1) is 23.7. The molecular formula is C27H31N7O2. The van der Waals surface area contributed by atoms with Crippen molar-refractivity contribution < 1.29 is 9.59 Å². The highest BCUT2D eigenvalue weighted by Crippen LogP contribution is 2.26. The van der Waals surface area contributed by atoms with Crippen LogP contribution in [0, 0.1) is 0 Å². The molecule has 0 aliphatic carbocycles. The summed E-state index contributed by atoms with van der Waals surface area (Å²) in [6, 6.07) is 19.3. The monoisotopic (exact) mass is 485 g/mol. The van der Waals surface area contributed by atoms with E-state index in [4.69, 9.17) is 5.10 Å². The molecule has 1 saturated heterocycles. The van der Waals surface area contributed by atoms with Crippen LogP contribution in [-0.4, -0.2) is 74.3 Å². The van der Waals surface area contributed by atoms with Crippen molar-refractivity contribution in [2.45, 2.75) is 26.2 Å². The van der Waals surface area contributed by atoms with Crippen LogP contribution in [0.4, 0.5) is 5.82 Å². The molecule has 1 fully saturated rings. The van der Waals surface area contributed by atoms with Gasteiger partial charge in [-0.1, -0.05) is 57.2 Å². The lowest BCUT2D eigenvalue weighted by molar-refractivity contribution is -0.117. The molecule has 1 aliphatic rings. The van der Waals surface area contributed by atoms with Gasteiger partial charge >= 0.3 is 0 Å². The number of carbonyl (C=O) groups is 2. The van der Waals surface area contributed by atoms with Crippen LogP contribution in [0.3, 0.4) is 0 Å². The van der Waals surface area contributed by atoms with Gasteiger partial charge in [-0.05, 0) is 18.2 Å². The fourth-order valence-electron chi connectivity index (χ4n) is 4.37. The second kappa shape index (κ2) is 9.58. The fraction of sp³-hybridized carbons (Fsp3) is 0.333. The van der Waals surface area contributed by atoms with E-state index in [1.807, 2.05) is 60.7 Å². The van der Waals surface area contributed by atoms with Gasteiger partial charge < -0.3 is 10.2 Å². The van der Waals surface area contributed by atoms with Crippen LogP contribution in [0.25, 0.3) is 16.6 Å². The van der Waals surface area contributed by atoms with E-state index in [1.54, 1.807) is 9.58 Å². The number of aromatic nitrogens is 4. The number of amides is 2. The highest BCUT2D eigenvalue weighted by atomic mass is 16.2. The first-order valence-corrected chi connectivity index (χ1v) is 12.2. The number of rotatable bonds is 5. The van der Waals surface area contributed by atoms with Crippen LogP contribution in [0.1, 0.15) is 37.0 Å². The molecule has 186 valence electrons. The van der Waals surface area contributed by atoms with E-state index in [0.717, 1.165) is 22.3 Å². The van der Waals surface area contributed by atoms with Crippen LogP contribution >= 0.6 is 0 Å². The largest absolute Gasteiger partial charge is 0.335 e. The summed E-state index contributed by atoms with van der Waals surface area (Å²) in [5.74, 6) is 0.457. The van der Waals surface area contributed by atoms with Crippen molar-refractivity contribution in [2.24, 2.45) is 0 Å². The Balaban J connectivity index is 1.22. The summed E-state index contributed by atoms with van der Waals surface area (Å²) in [6.45, 7) is 8.87. The lowest BCUT2D eigenvalue weighted by Gasteiger charge is -2.34. The number of nitrogens with one attached hydrogen (secondary N) is 2. The average molecular weight is 486 g/mol. The number of nitrogens with zero attached hydrogens (tertiary/aromatic N) is 5. The van der Waals surface area contributed by atoms with Gasteiger partial charge in [-0.25, -0.2) is 4.68 Å². The predicted octanol–water partition coefficient (Wildman–Crippen LogP) is 3.44. The zero-order valence-electron chi connectivity index (χ0n) is 20.9. The van der Waals surface area contributed by atoms with E-state index in [9.17, 15) is 9.59 Å². The van der Waals surface area contributed by atoms with Crippen LogP contribution in [0.2, 0.25) is 0 Å². The molecule has 36 heavy (non-hydrogen) atoms. The third-order valence-electron chi connectivity index (χ3n) is 6.45. The Kier molecular flexibility index (Phi) is 6.32. The molecule has 0 saturated carbocycles. The quantitative estimate of drug-likeness (QED) is 0.451. The molecule has 0 bridgehead atoms. The van der Waals surface area contributed by atoms with Crippen molar-refractivity contribution in [1.29, 1.82) is 0 Å². The minimum Gasteiger partial charge on any atom is -0.335 e. The molecule has 3 heterocycles. The van der Waals surface area contributed by atoms with Crippen molar-refractivity contribution >= 4 is 28.5 Å². The summed E-state index contributed by atoms with van der Waals surface area (Å²) in [4.78, 5) is 29.9. The number of anilines is 1. The maximum absolute atomic E-state index is 13.0. The van der Waals surface area contributed by atoms with Crippen LogP contribution < -0.4 is 5.32 Å². The first-order valence-electron chi connectivity index (χ1n) is 12.2. The number of H-pyrrole nitrogens is 1. The van der Waals surface area contributed by atoms with Crippen molar-refractivity contribution in [3.8, 4) is 5.69 Å². The van der Waals surface area contributed by atoms with Crippen molar-refractivity contribution in [2.75, 3.05) is 38.0 Å². The lowest BCUT2D eigenvalue weighted by atomic mass is 9.92. The van der Waals surface area contributed by atoms with Crippen molar-refractivity contribution in [3.63, 3.8) is 0 Å². The Morgan fingerprint density at radius 2 is 1.67 bits per heavy atom. The second-order valence-electron chi connectivity index (χ2n) is 10.1. The van der Waals surface area contributed by atoms with E-state index < -0.39 is 0 Å². The van der Waals surface area contributed by atoms with Gasteiger partial charge in [0, 0.05) is 43.0 Å². The molecule has 2 aromatic heterocycles. The maximum atomic E-state index is 13.0. The van der Waals surface area contributed by atoms with Crippen molar-refractivity contribution in [1.82, 2.24) is 29.8 Å². The van der Waals surface area contributed by atoms with Gasteiger partial charge in [0.2, 0.25) is 5.91 Å². The average Bonchev–Trinajstić information content (AvgIpc) is 3.49. The number of benzene rings is 2. The second-order valence-corrected chi connectivity index (χ2v) is 10.1. The number of piperazine rings is 1. The fourth-order valence-corrected chi connectivity index (χ4v) is 4.37. The Bertz CT molecular complexity index is 1380. The van der Waals surface area contributed by atoms with Gasteiger partial charge in [0.05, 0.1) is 23.4 Å². The van der Waals surface area contributed by atoms with Gasteiger partial charge in [-0.3, -0.25) is 19.6 Å². The Morgan fingerprint density at radius 1 is 0.972 bits per heavy atom. The maximum Gasteiger partial charge on any atom is 0.275 e. The number of hydrogen-bond acceptors (Lipinski definition) is 5. The Labute approximate surface area is 210 Å². The van der Waals surface area contributed by atoms with E-state index in [1.165, 1.54) is 0 Å². The van der Waals surface area contributed by atoms with Gasteiger partial charge in [-0.2, -0.15) is 10.2 Å². The minimum atomic E-state index is -0.151. The van der Waals surface area contributed by atoms with E-state index in [2.05, 4.69) is 41.2 Å². The highest BCUT2D eigenvalue weighted by Gasteiger charge is 2.27. The summed E-state index contributed by atoms with van der Waals surface area (Å²) < 4.78 is 1.78. The summed E-state index contributed by atoms with van der Waals surface area (Å²) >= 11 is 0. The van der Waals surface area contributed by atoms with E-state index >= 15 is 0 Å². The molecule has 4 aromatic rings. The lowest BCUT2D eigenvalue weighted by Crippen LogP contribution is -2.50. The third-order valence-corrected chi connectivity index (χ3v) is 6.45. The summed E-state index contributed by atoms with van der Waals surface area (Å²) in [6.07, 6.45) is 0. The molecule has 2 N–H and O–H groups in total.